The largest absolute Gasteiger partial charge is 0.704 e. The Morgan fingerprint density at radius 1 is 1.12 bits per heavy atom. The standard InChI is InChI=1S/C5H5N3O8/c1-3(4(9)10)2-5(6(11)12,7(13)14)8(15)16/h1-2H2,(H,9,10). The molecular formula is C5H5N3O8. The Bertz CT molecular complexity index is 351. The first-order chi connectivity index (χ1) is 7.16. The molecule has 16 heavy (non-hydrogen) atoms. The maximum Gasteiger partial charge on any atom is 0.704 e. The fraction of sp³-hybridized carbons (Fsp3) is 0.400. The number of nitrogens with zero attached hydrogens (tertiary/aromatic N) is 3. The molecule has 88 valence electrons. The van der Waals surface area contributed by atoms with Crippen molar-refractivity contribution in [1.82, 2.24) is 0 Å². The first-order valence-electron chi connectivity index (χ1n) is 3.50. The zero-order chi connectivity index (χ0) is 13.1. The molecule has 0 atom stereocenters. The number of carbonyl (C=O) groups is 1. The van der Waals surface area contributed by atoms with Crippen molar-refractivity contribution >= 4 is 5.97 Å². The lowest BCUT2D eigenvalue weighted by Crippen LogP contribution is -2.53. The Balaban J connectivity index is 5.48. The van der Waals surface area contributed by atoms with Crippen molar-refractivity contribution in [3.8, 4) is 0 Å². The Morgan fingerprint density at radius 2 is 1.44 bits per heavy atom. The minimum atomic E-state index is -3.81. The van der Waals surface area contributed by atoms with E-state index >= 15 is 0 Å². The van der Waals surface area contributed by atoms with E-state index in [2.05, 4.69) is 6.58 Å². The highest BCUT2D eigenvalue weighted by atomic mass is 16.7. The van der Waals surface area contributed by atoms with Crippen LogP contribution in [0.3, 0.4) is 0 Å². The Hall–Kier alpha value is -2.59. The van der Waals surface area contributed by atoms with E-state index in [9.17, 15) is 35.1 Å². The molecule has 0 bridgehead atoms. The molecule has 0 spiro atoms. The van der Waals surface area contributed by atoms with E-state index in [1.807, 2.05) is 0 Å². The lowest BCUT2D eigenvalue weighted by molar-refractivity contribution is -0.969. The van der Waals surface area contributed by atoms with Crippen molar-refractivity contribution in [2.24, 2.45) is 0 Å². The summed E-state index contributed by atoms with van der Waals surface area (Å²) < 4.78 is 0. The minimum Gasteiger partial charge on any atom is -0.478 e. The second-order valence-electron chi connectivity index (χ2n) is 2.63. The van der Waals surface area contributed by atoms with Crippen LogP contribution in [0.1, 0.15) is 6.42 Å². The third-order valence-corrected chi connectivity index (χ3v) is 1.63. The summed E-state index contributed by atoms with van der Waals surface area (Å²) in [6.07, 6.45) is -1.52. The zero-order valence-electron chi connectivity index (χ0n) is 7.56. The molecule has 0 aromatic rings. The van der Waals surface area contributed by atoms with Crippen molar-refractivity contribution < 1.29 is 24.7 Å². The number of aliphatic carboxylic acids is 1. The first kappa shape index (κ1) is 13.4. The number of hydrogen-bond donors (Lipinski definition) is 1. The van der Waals surface area contributed by atoms with Gasteiger partial charge < -0.3 is 5.11 Å². The van der Waals surface area contributed by atoms with Crippen molar-refractivity contribution in [2.75, 3.05) is 0 Å². The molecule has 0 amide bonds. The number of carboxylic acid groups (broad SMARTS) is 1. The van der Waals surface area contributed by atoms with Gasteiger partial charge in [-0.25, -0.2) is 4.79 Å². The summed E-state index contributed by atoms with van der Waals surface area (Å²) in [6, 6.07) is 0. The molecule has 11 nitrogen and oxygen atoms in total. The van der Waals surface area contributed by atoms with Crippen LogP contribution < -0.4 is 0 Å². The fourth-order valence-corrected chi connectivity index (χ4v) is 0.756. The second-order valence-corrected chi connectivity index (χ2v) is 2.63. The monoisotopic (exact) mass is 235 g/mol. The van der Waals surface area contributed by atoms with Gasteiger partial charge in [0.05, 0.1) is 5.57 Å². The van der Waals surface area contributed by atoms with Gasteiger partial charge >= 0.3 is 11.8 Å². The molecular weight excluding hydrogens is 230 g/mol. The van der Waals surface area contributed by atoms with Crippen molar-refractivity contribution in [3.63, 3.8) is 0 Å². The van der Waals surface area contributed by atoms with E-state index in [1.54, 1.807) is 0 Å². The molecule has 0 aliphatic rings. The number of carboxylic acids is 1. The first-order valence-corrected chi connectivity index (χ1v) is 3.50. The van der Waals surface area contributed by atoms with Crippen LogP contribution in [-0.2, 0) is 4.79 Å². The fourth-order valence-electron chi connectivity index (χ4n) is 0.756. The Morgan fingerprint density at radius 3 is 1.62 bits per heavy atom. The predicted octanol–water partition coefficient (Wildman–Crippen LogP) is -0.499. The maximum atomic E-state index is 10.4. The van der Waals surface area contributed by atoms with E-state index in [4.69, 9.17) is 5.11 Å². The molecule has 0 unspecified atom stereocenters. The SMILES string of the molecule is C=C(CC([N+](=O)[O-])([N+](=O)[O-])[N+](=O)[O-])C(=O)O. The minimum absolute atomic E-state index is 0.995. The van der Waals surface area contributed by atoms with E-state index < -0.39 is 38.5 Å². The summed E-state index contributed by atoms with van der Waals surface area (Å²) >= 11 is 0. The summed E-state index contributed by atoms with van der Waals surface area (Å²) in [6.45, 7) is 2.77. The zero-order valence-corrected chi connectivity index (χ0v) is 7.56. The highest BCUT2D eigenvalue weighted by Gasteiger charge is 2.70. The third kappa shape index (κ3) is 2.08. The second kappa shape index (κ2) is 4.29. The van der Waals surface area contributed by atoms with Gasteiger partial charge in [0, 0.05) is 0 Å². The summed E-state index contributed by atoms with van der Waals surface area (Å²) in [5.74, 6) is -5.59. The van der Waals surface area contributed by atoms with Crippen molar-refractivity contribution in [1.29, 1.82) is 0 Å². The quantitative estimate of drug-likeness (QED) is 0.278. The maximum absolute atomic E-state index is 10.4. The summed E-state index contributed by atoms with van der Waals surface area (Å²) in [5.41, 5.74) is -0.995. The smallest absolute Gasteiger partial charge is 0.478 e. The van der Waals surface area contributed by atoms with E-state index in [0.717, 1.165) is 0 Å². The van der Waals surface area contributed by atoms with Gasteiger partial charge in [-0.2, -0.15) is 0 Å². The third-order valence-electron chi connectivity index (χ3n) is 1.63. The molecule has 0 saturated heterocycles. The van der Waals surface area contributed by atoms with E-state index in [0.29, 0.717) is 0 Å². The van der Waals surface area contributed by atoms with Crippen LogP contribution in [0.15, 0.2) is 12.2 Å². The van der Waals surface area contributed by atoms with Crippen LogP contribution in [0.25, 0.3) is 0 Å². The summed E-state index contributed by atoms with van der Waals surface area (Å²) in [4.78, 5) is 36.0. The van der Waals surface area contributed by atoms with Crippen LogP contribution in [0.2, 0.25) is 0 Å². The van der Waals surface area contributed by atoms with Crippen molar-refractivity contribution in [2.45, 2.75) is 12.2 Å². The summed E-state index contributed by atoms with van der Waals surface area (Å²) in [7, 11) is 0. The van der Waals surface area contributed by atoms with Gasteiger partial charge in [-0.05, 0) is 0 Å². The normalized spacial score (nSPS) is 10.5. The number of hydrogen-bond acceptors (Lipinski definition) is 7. The lowest BCUT2D eigenvalue weighted by Gasteiger charge is -2.08. The molecule has 0 saturated carbocycles. The Labute approximate surface area is 86.4 Å². The number of nitro groups is 3. The molecule has 0 radical (unpaired) electrons. The van der Waals surface area contributed by atoms with Crippen LogP contribution in [0.5, 0.6) is 0 Å². The van der Waals surface area contributed by atoms with Gasteiger partial charge in [0.15, 0.2) is 14.8 Å². The van der Waals surface area contributed by atoms with Crippen LogP contribution in [-0.4, -0.2) is 31.6 Å². The average molecular weight is 235 g/mol. The highest BCUT2D eigenvalue weighted by molar-refractivity contribution is 5.85. The molecule has 0 aromatic carbocycles. The average Bonchev–Trinajstić information content (AvgIpc) is 2.11. The summed E-state index contributed by atoms with van der Waals surface area (Å²) in [5, 5.41) is 39.4. The van der Waals surface area contributed by atoms with E-state index in [1.165, 1.54) is 0 Å². The van der Waals surface area contributed by atoms with Gasteiger partial charge in [-0.1, -0.05) is 6.58 Å². The highest BCUT2D eigenvalue weighted by Crippen LogP contribution is 2.21. The van der Waals surface area contributed by atoms with Gasteiger partial charge in [0.25, 0.3) is 0 Å². The van der Waals surface area contributed by atoms with Gasteiger partial charge in [-0.3, -0.25) is 30.3 Å². The molecule has 0 heterocycles. The van der Waals surface area contributed by atoms with Gasteiger partial charge in [0.1, 0.15) is 0 Å². The topological polar surface area (TPSA) is 167 Å². The molecule has 0 rings (SSSR count). The van der Waals surface area contributed by atoms with Crippen molar-refractivity contribution in [3.05, 3.63) is 42.5 Å². The van der Waals surface area contributed by atoms with Crippen LogP contribution in [0.4, 0.5) is 0 Å². The molecule has 1 N–H and O–H groups in total. The lowest BCUT2D eigenvalue weighted by atomic mass is 10.1. The van der Waals surface area contributed by atoms with Gasteiger partial charge in [0.2, 0.25) is 6.42 Å². The molecule has 0 aliphatic heterocycles. The Kier molecular flexibility index (Phi) is 3.59. The molecule has 0 aliphatic carbocycles. The van der Waals surface area contributed by atoms with Gasteiger partial charge in [-0.15, -0.1) is 0 Å². The molecule has 0 aromatic heterocycles. The molecule has 0 fully saturated rings. The van der Waals surface area contributed by atoms with E-state index in [-0.39, 0.29) is 0 Å². The number of rotatable bonds is 6. The van der Waals surface area contributed by atoms with Crippen LogP contribution >= 0.6 is 0 Å². The predicted molar refractivity (Wildman–Crippen MR) is 45.1 cm³/mol. The van der Waals surface area contributed by atoms with Crippen LogP contribution in [0, 0.1) is 30.3 Å². The molecule has 11 heteroatoms.